The van der Waals surface area contributed by atoms with Gasteiger partial charge in [-0.15, -0.1) is 6.58 Å². The third kappa shape index (κ3) is 20.3. The lowest BCUT2D eigenvalue weighted by atomic mass is 9.87. The highest BCUT2D eigenvalue weighted by atomic mass is 32.2. The van der Waals surface area contributed by atoms with Gasteiger partial charge in [0, 0.05) is 37.1 Å². The van der Waals surface area contributed by atoms with Crippen molar-refractivity contribution in [2.24, 2.45) is 5.41 Å². The van der Waals surface area contributed by atoms with E-state index in [4.69, 9.17) is 19.5 Å². The summed E-state index contributed by atoms with van der Waals surface area (Å²) in [6.07, 6.45) is 11.9. The Hall–Kier alpha value is -3.22. The number of unbranched alkanes of at least 4 members (excludes halogenated alkanes) is 5. The van der Waals surface area contributed by atoms with Crippen LogP contribution in [0.5, 0.6) is 0 Å². The maximum absolute atomic E-state index is 12.7. The lowest BCUT2D eigenvalue weighted by Gasteiger charge is -2.30. The number of fused-ring (bicyclic) bond motifs is 1. The Labute approximate surface area is 380 Å². The number of aliphatic hydroxyl groups excluding tert-OH is 2. The molecule has 366 valence electrons. The highest BCUT2D eigenvalue weighted by molar-refractivity contribution is 8.13. The molecule has 2 aromatic heterocycles. The Balaban J connectivity index is 1.34. The van der Waals surface area contributed by atoms with Crippen LogP contribution in [-0.4, -0.2) is 123 Å². The predicted octanol–water partition coefficient (Wildman–Crippen LogP) is 3.47. The molecule has 3 heterocycles. The maximum atomic E-state index is 12.7. The predicted molar refractivity (Wildman–Crippen MR) is 237 cm³/mol. The van der Waals surface area contributed by atoms with Gasteiger partial charge in [-0.05, 0) is 32.1 Å². The number of rotatable bonds is 31. The summed E-state index contributed by atoms with van der Waals surface area (Å²) in [7, 11) is -16.4. The number of ether oxygens (including phenoxy) is 1. The number of allylic oxidation sites excluding steroid dienone is 5. The molecule has 2 amide bonds. The molecule has 0 saturated carbocycles. The third-order valence-electron chi connectivity index (χ3n) is 9.42. The second kappa shape index (κ2) is 26.9. The number of hydrogen-bond acceptors (Lipinski definition) is 18. The molecular weight excluding hydrogens is 939 g/mol. The highest BCUT2D eigenvalue weighted by Crippen LogP contribution is 2.61. The summed E-state index contributed by atoms with van der Waals surface area (Å²) in [5, 5.41) is 26.6. The first-order valence-electron chi connectivity index (χ1n) is 20.5. The number of aliphatic hydroxyl groups is 2. The minimum absolute atomic E-state index is 0.0310. The van der Waals surface area contributed by atoms with E-state index < -0.39 is 84.6 Å². The number of phosphoric ester groups is 3. The molecule has 1 aliphatic heterocycles. The van der Waals surface area contributed by atoms with Crippen LogP contribution in [0.15, 0.2) is 49.6 Å². The van der Waals surface area contributed by atoms with Crippen molar-refractivity contribution in [3.05, 3.63) is 49.6 Å². The molecule has 0 spiro atoms. The molecule has 7 atom stereocenters. The number of carbonyl (C=O) groups is 3. The minimum atomic E-state index is -5.58. The lowest BCUT2D eigenvalue weighted by molar-refractivity contribution is -0.137. The Bertz CT molecular complexity index is 2090. The average molecular weight is 1000 g/mol. The van der Waals surface area contributed by atoms with Crippen molar-refractivity contribution in [2.75, 3.05) is 37.8 Å². The number of nitrogens with one attached hydrogen (secondary N) is 2. The molecule has 0 aliphatic carbocycles. The van der Waals surface area contributed by atoms with E-state index in [1.165, 1.54) is 13.8 Å². The van der Waals surface area contributed by atoms with E-state index in [2.05, 4.69) is 65.3 Å². The van der Waals surface area contributed by atoms with E-state index in [9.17, 15) is 57.9 Å². The highest BCUT2D eigenvalue weighted by Gasteiger charge is 2.50. The van der Waals surface area contributed by atoms with Gasteiger partial charge in [0.1, 0.15) is 36.3 Å². The molecule has 3 rings (SSSR count). The Kier molecular flexibility index (Phi) is 23.3. The van der Waals surface area contributed by atoms with Crippen LogP contribution in [0.4, 0.5) is 5.82 Å². The molecule has 0 radical (unpaired) electrons. The van der Waals surface area contributed by atoms with Gasteiger partial charge < -0.3 is 50.9 Å². The number of imidazole rings is 1. The molecule has 10 N–H and O–H groups in total. The fourth-order valence-corrected chi connectivity index (χ4v) is 9.56. The number of aromatic nitrogens is 4. The van der Waals surface area contributed by atoms with Crippen LogP contribution in [0, 0.1) is 5.41 Å². The van der Waals surface area contributed by atoms with Crippen molar-refractivity contribution in [3.63, 3.8) is 0 Å². The average Bonchev–Trinajstić information content (AvgIpc) is 3.79. The second-order valence-corrected chi connectivity index (χ2v) is 20.7. The van der Waals surface area contributed by atoms with Gasteiger partial charge in [0.15, 0.2) is 22.8 Å². The van der Waals surface area contributed by atoms with Gasteiger partial charge in [-0.3, -0.25) is 32.5 Å². The summed E-state index contributed by atoms with van der Waals surface area (Å²) in [6, 6.07) is 0. The van der Waals surface area contributed by atoms with Gasteiger partial charge in [-0.25, -0.2) is 28.6 Å². The molecule has 24 nitrogen and oxygen atoms in total. The largest absolute Gasteiger partial charge is 0.481 e. The van der Waals surface area contributed by atoms with Crippen molar-refractivity contribution < 1.29 is 80.5 Å². The van der Waals surface area contributed by atoms with E-state index in [-0.39, 0.29) is 41.6 Å². The number of carbonyl (C=O) groups excluding carboxylic acids is 3. The van der Waals surface area contributed by atoms with Gasteiger partial charge in [-0.1, -0.05) is 75.3 Å². The summed E-state index contributed by atoms with van der Waals surface area (Å²) >= 11 is 1.13. The monoisotopic (exact) mass is 999 g/mol. The number of hydrogen-bond donors (Lipinski definition) is 9. The fourth-order valence-electron chi connectivity index (χ4n) is 6.01. The number of nitrogen functional groups attached to an aromatic ring is 1. The molecule has 0 aromatic carbocycles. The van der Waals surface area contributed by atoms with Gasteiger partial charge in [-0.2, -0.15) is 4.31 Å². The molecule has 65 heavy (non-hydrogen) atoms. The number of phosphoric acid groups is 3. The van der Waals surface area contributed by atoms with E-state index in [0.717, 1.165) is 80.4 Å². The summed E-state index contributed by atoms with van der Waals surface area (Å²) in [5.74, 6) is -1.06. The number of amides is 2. The van der Waals surface area contributed by atoms with Gasteiger partial charge in [0.05, 0.1) is 19.5 Å². The normalized spacial score (nSPS) is 20.5. The standard InChI is InChI=1S/C37H60N7O17P3S/c1-4-5-6-7-8-9-10-11-12-13-14-15-16-17-28(46)65-21-20-39-27(45)18-19-40-35(49)32(48)37(2,3)23-58-64(55,56)61-63(53,54)57-22-26-31(60-62(50,51)52)30(47)36(59-26)44-25-43-29-33(38)41-24-42-34(29)44/h4,6-7,9-10,24-26,30-32,36,47-48H,1,5,8,11-23H2,2-3H3,(H,39,45)(H,40,49)(H,53,54)(H,55,56)(H2,38,41,42)(H2,50,51,52)/t26-,30-,31-,32+,36-/m1/s1. The van der Waals surface area contributed by atoms with E-state index >= 15 is 0 Å². The number of nitrogens with two attached hydrogens (primary N) is 1. The van der Waals surface area contributed by atoms with Crippen LogP contribution >= 0.6 is 35.2 Å². The molecular formula is C37H60N7O17P3S. The van der Waals surface area contributed by atoms with Crippen LogP contribution in [0.2, 0.25) is 0 Å². The first kappa shape index (κ1) is 56.1. The Morgan fingerprint density at radius 3 is 2.35 bits per heavy atom. The lowest BCUT2D eigenvalue weighted by Crippen LogP contribution is -2.46. The molecule has 1 aliphatic rings. The van der Waals surface area contributed by atoms with Crippen LogP contribution in [0.1, 0.15) is 84.3 Å². The van der Waals surface area contributed by atoms with Gasteiger partial charge >= 0.3 is 23.5 Å². The molecule has 2 unspecified atom stereocenters. The molecule has 28 heteroatoms. The Morgan fingerprint density at radius 1 is 0.954 bits per heavy atom. The summed E-state index contributed by atoms with van der Waals surface area (Å²) in [5.41, 5.74) is 4.27. The van der Waals surface area contributed by atoms with Crippen LogP contribution in [-0.2, 0) is 50.7 Å². The first-order chi connectivity index (χ1) is 30.6. The van der Waals surface area contributed by atoms with Crippen LogP contribution in [0.3, 0.4) is 0 Å². The topological polar surface area (TPSA) is 364 Å². The van der Waals surface area contributed by atoms with Crippen molar-refractivity contribution >= 4 is 69.1 Å². The van der Waals surface area contributed by atoms with Gasteiger partial charge in [0.2, 0.25) is 11.8 Å². The molecule has 1 saturated heterocycles. The summed E-state index contributed by atoms with van der Waals surface area (Å²) < 4.78 is 62.4. The van der Waals surface area contributed by atoms with Crippen LogP contribution < -0.4 is 16.4 Å². The fraction of sp³-hybridized carbons (Fsp3) is 0.622. The Morgan fingerprint density at radius 2 is 1.63 bits per heavy atom. The molecule has 0 bridgehead atoms. The van der Waals surface area contributed by atoms with Crippen molar-refractivity contribution in [2.45, 2.75) is 109 Å². The number of anilines is 1. The zero-order chi connectivity index (χ0) is 48.3. The zero-order valence-corrected chi connectivity index (χ0v) is 39.5. The van der Waals surface area contributed by atoms with Crippen LogP contribution in [0.25, 0.3) is 11.2 Å². The van der Waals surface area contributed by atoms with Crippen molar-refractivity contribution in [3.8, 4) is 0 Å². The van der Waals surface area contributed by atoms with E-state index in [1.807, 2.05) is 6.08 Å². The smallest absolute Gasteiger partial charge is 0.386 e. The summed E-state index contributed by atoms with van der Waals surface area (Å²) in [4.78, 5) is 88.2. The quantitative estimate of drug-likeness (QED) is 0.0296. The molecule has 2 aromatic rings. The van der Waals surface area contributed by atoms with E-state index in [1.54, 1.807) is 0 Å². The van der Waals surface area contributed by atoms with Crippen molar-refractivity contribution in [1.82, 2.24) is 30.2 Å². The molecule has 1 fully saturated rings. The number of thioether (sulfide) groups is 1. The van der Waals surface area contributed by atoms with Crippen molar-refractivity contribution in [1.29, 1.82) is 0 Å². The summed E-state index contributed by atoms with van der Waals surface area (Å²) in [6.45, 7) is 4.21. The van der Waals surface area contributed by atoms with E-state index in [0.29, 0.717) is 12.2 Å². The van der Waals surface area contributed by atoms with Gasteiger partial charge in [0.25, 0.3) is 0 Å². The zero-order valence-electron chi connectivity index (χ0n) is 36.0. The second-order valence-electron chi connectivity index (χ2n) is 15.3. The third-order valence-corrected chi connectivity index (χ3v) is 13.5. The number of nitrogens with zero attached hydrogens (tertiary/aromatic N) is 4. The SMILES string of the molecule is C=CCC=CCC=CCCCCCCCC(=O)SCCNC(=O)CCNC(=O)[C@H](O)C(C)(C)COP(=O)(O)OP(=O)(O)OC[C@H]1O[C@@H](n2cnc3c(N)ncnc32)[C@H](O)[C@@H]1OP(=O)(O)O. The first-order valence-corrected chi connectivity index (χ1v) is 26.0. The maximum Gasteiger partial charge on any atom is 0.481 e. The minimum Gasteiger partial charge on any atom is -0.386 e.